The minimum Gasteiger partial charge on any atom is -0.480 e. The molecule has 0 saturated heterocycles. The van der Waals surface area contributed by atoms with Gasteiger partial charge in [0, 0.05) is 0 Å². The molecule has 4 atom stereocenters. The number of carboxylic acid groups (broad SMARTS) is 1. The number of rotatable bonds is 8. The van der Waals surface area contributed by atoms with Gasteiger partial charge in [0.15, 0.2) is 0 Å². The zero-order chi connectivity index (χ0) is 17.4. The Morgan fingerprint density at radius 3 is 1.32 bits per heavy atom. The lowest BCUT2D eigenvalue weighted by molar-refractivity contribution is -0.141. The molecule has 0 aliphatic heterocycles. The van der Waals surface area contributed by atoms with Crippen molar-refractivity contribution < 1.29 is 29.5 Å². The second kappa shape index (κ2) is 8.95. The lowest BCUT2D eigenvalue weighted by atomic mass is 10.2. The number of carbonyl (C=O) groups is 4. The van der Waals surface area contributed by atoms with E-state index < -0.39 is 47.9 Å². The van der Waals surface area contributed by atoms with Crippen molar-refractivity contribution in [1.29, 1.82) is 0 Å². The lowest BCUT2D eigenvalue weighted by Gasteiger charge is -2.20. The first kappa shape index (κ1) is 19.8. The second-order valence-corrected chi connectivity index (χ2v) is 4.88. The fourth-order valence-corrected chi connectivity index (χ4v) is 1.27. The molecule has 0 spiro atoms. The average molecular weight is 318 g/mol. The van der Waals surface area contributed by atoms with Crippen molar-refractivity contribution >= 4 is 23.7 Å². The van der Waals surface area contributed by atoms with Crippen LogP contribution in [0.3, 0.4) is 0 Å². The molecule has 0 bridgehead atoms. The number of nitrogens with one attached hydrogen (secondary N) is 4. The van der Waals surface area contributed by atoms with Gasteiger partial charge in [-0.15, -0.1) is 0 Å². The average Bonchev–Trinajstić information content (AvgIpc) is 2.45. The summed E-state index contributed by atoms with van der Waals surface area (Å²) in [4.78, 5) is 45.6. The van der Waals surface area contributed by atoms with E-state index in [4.69, 9.17) is 10.3 Å². The molecule has 4 unspecified atom stereocenters. The Morgan fingerprint density at radius 2 is 1.00 bits per heavy atom. The highest BCUT2D eigenvalue weighted by Crippen LogP contribution is 1.91. The molecule has 0 aromatic rings. The Hall–Kier alpha value is -2.20. The van der Waals surface area contributed by atoms with E-state index in [0.717, 1.165) is 0 Å². The van der Waals surface area contributed by atoms with Gasteiger partial charge in [0.2, 0.25) is 17.7 Å². The minimum atomic E-state index is -1.20. The summed E-state index contributed by atoms with van der Waals surface area (Å²) in [7, 11) is 0. The maximum atomic E-state index is 11.8. The fraction of sp³-hybridized carbons (Fsp3) is 0.667. The van der Waals surface area contributed by atoms with Crippen LogP contribution >= 0.6 is 0 Å². The highest BCUT2D eigenvalue weighted by molar-refractivity contribution is 5.93. The van der Waals surface area contributed by atoms with Crippen molar-refractivity contribution in [2.75, 3.05) is 0 Å². The molecule has 3 amide bonds. The highest BCUT2D eigenvalue weighted by Gasteiger charge is 2.24. The van der Waals surface area contributed by atoms with Crippen molar-refractivity contribution in [1.82, 2.24) is 21.4 Å². The van der Waals surface area contributed by atoms with Crippen molar-refractivity contribution in [2.45, 2.75) is 51.9 Å². The Labute approximate surface area is 127 Å². The SMILES string of the molecule is CC(NC(=O)C(C)NC(=O)C(C)NC(=O)C(C)NO)C(=O)O. The van der Waals surface area contributed by atoms with Crippen LogP contribution in [0.1, 0.15) is 27.7 Å². The van der Waals surface area contributed by atoms with Gasteiger partial charge in [-0.05, 0) is 27.7 Å². The number of carbonyl (C=O) groups excluding carboxylic acids is 3. The third-order valence-electron chi connectivity index (χ3n) is 2.82. The number of hydroxylamine groups is 1. The van der Waals surface area contributed by atoms with Gasteiger partial charge >= 0.3 is 5.97 Å². The smallest absolute Gasteiger partial charge is 0.325 e. The molecule has 0 aliphatic carbocycles. The van der Waals surface area contributed by atoms with Crippen molar-refractivity contribution in [2.24, 2.45) is 0 Å². The molecule has 0 rings (SSSR count). The maximum absolute atomic E-state index is 11.8. The molecule has 0 aliphatic rings. The molecule has 126 valence electrons. The van der Waals surface area contributed by atoms with Crippen LogP contribution in [0.2, 0.25) is 0 Å². The Balaban J connectivity index is 4.42. The lowest BCUT2D eigenvalue weighted by Crippen LogP contribution is -2.55. The first-order valence-corrected chi connectivity index (χ1v) is 6.63. The van der Waals surface area contributed by atoms with Crippen LogP contribution in [0.4, 0.5) is 0 Å². The molecule has 22 heavy (non-hydrogen) atoms. The first-order valence-electron chi connectivity index (χ1n) is 6.63. The number of carboxylic acids is 1. The minimum absolute atomic E-state index is 0.596. The van der Waals surface area contributed by atoms with Gasteiger partial charge in [-0.25, -0.2) is 0 Å². The number of amides is 3. The molecular weight excluding hydrogens is 296 g/mol. The standard InChI is InChI=1S/C12H22N4O6/c1-5(14-11(19)7(3)16-22)9(17)13-6(2)10(18)15-8(4)12(20)21/h5-8,16,22H,1-4H3,(H,13,17)(H,14,19)(H,15,18)(H,20,21). The maximum Gasteiger partial charge on any atom is 0.325 e. The number of aliphatic carboxylic acids is 1. The second-order valence-electron chi connectivity index (χ2n) is 4.88. The molecule has 0 saturated carbocycles. The predicted octanol–water partition coefficient (Wildman–Crippen LogP) is -2.05. The molecule has 6 N–H and O–H groups in total. The Kier molecular flexibility index (Phi) is 8.05. The molecule has 0 aromatic heterocycles. The summed E-state index contributed by atoms with van der Waals surface area (Å²) < 4.78 is 0. The van der Waals surface area contributed by atoms with E-state index in [0.29, 0.717) is 0 Å². The van der Waals surface area contributed by atoms with E-state index in [1.807, 2.05) is 0 Å². The van der Waals surface area contributed by atoms with Gasteiger partial charge < -0.3 is 26.3 Å². The van der Waals surface area contributed by atoms with Gasteiger partial charge in [0.1, 0.15) is 24.2 Å². The molecule has 0 aromatic carbocycles. The Morgan fingerprint density at radius 1 is 0.682 bits per heavy atom. The van der Waals surface area contributed by atoms with Gasteiger partial charge in [0.25, 0.3) is 0 Å². The quantitative estimate of drug-likeness (QED) is 0.281. The summed E-state index contributed by atoms with van der Waals surface area (Å²) >= 11 is 0. The normalized spacial score (nSPS) is 15.9. The van der Waals surface area contributed by atoms with Crippen LogP contribution in [0, 0.1) is 0 Å². The monoisotopic (exact) mass is 318 g/mol. The van der Waals surface area contributed by atoms with Crippen LogP contribution < -0.4 is 21.4 Å². The van der Waals surface area contributed by atoms with E-state index in [-0.39, 0.29) is 0 Å². The van der Waals surface area contributed by atoms with Crippen LogP contribution in [0.15, 0.2) is 0 Å². The van der Waals surface area contributed by atoms with Gasteiger partial charge in [0.05, 0.1) is 0 Å². The van der Waals surface area contributed by atoms with E-state index in [1.165, 1.54) is 27.7 Å². The molecule has 0 heterocycles. The fourth-order valence-electron chi connectivity index (χ4n) is 1.27. The number of hydrogen-bond acceptors (Lipinski definition) is 6. The van der Waals surface area contributed by atoms with Crippen LogP contribution in [-0.2, 0) is 19.2 Å². The van der Waals surface area contributed by atoms with Crippen molar-refractivity contribution in [3.05, 3.63) is 0 Å². The third-order valence-corrected chi connectivity index (χ3v) is 2.82. The van der Waals surface area contributed by atoms with Crippen LogP contribution in [0.25, 0.3) is 0 Å². The summed E-state index contributed by atoms with van der Waals surface area (Å²) in [5.74, 6) is -3.07. The molecule has 0 fully saturated rings. The Bertz CT molecular complexity index is 441. The van der Waals surface area contributed by atoms with Gasteiger partial charge in [-0.1, -0.05) is 0 Å². The van der Waals surface area contributed by atoms with Gasteiger partial charge in [-0.3, -0.25) is 19.2 Å². The van der Waals surface area contributed by atoms with Gasteiger partial charge in [-0.2, -0.15) is 5.48 Å². The van der Waals surface area contributed by atoms with E-state index in [1.54, 1.807) is 5.48 Å². The summed E-state index contributed by atoms with van der Waals surface area (Å²) in [6.45, 7) is 5.47. The summed E-state index contributed by atoms with van der Waals surface area (Å²) in [6, 6.07) is -3.88. The summed E-state index contributed by atoms with van der Waals surface area (Å²) in [5.41, 5.74) is 1.74. The number of hydrogen-bond donors (Lipinski definition) is 6. The predicted molar refractivity (Wildman–Crippen MR) is 74.8 cm³/mol. The largest absolute Gasteiger partial charge is 0.480 e. The first-order chi connectivity index (χ1) is 10.1. The summed E-state index contributed by atoms with van der Waals surface area (Å²) in [6.07, 6.45) is 0. The van der Waals surface area contributed by atoms with Crippen LogP contribution in [-0.4, -0.2) is 58.2 Å². The van der Waals surface area contributed by atoms with E-state index in [2.05, 4.69) is 16.0 Å². The van der Waals surface area contributed by atoms with Crippen LogP contribution in [0.5, 0.6) is 0 Å². The van der Waals surface area contributed by atoms with E-state index in [9.17, 15) is 19.2 Å². The molecule has 10 heteroatoms. The highest BCUT2D eigenvalue weighted by atomic mass is 16.5. The van der Waals surface area contributed by atoms with Crippen molar-refractivity contribution in [3.63, 3.8) is 0 Å². The molecule has 10 nitrogen and oxygen atoms in total. The third kappa shape index (κ3) is 6.50. The van der Waals surface area contributed by atoms with E-state index >= 15 is 0 Å². The molecular formula is C12H22N4O6. The zero-order valence-corrected chi connectivity index (χ0v) is 12.8. The molecule has 0 radical (unpaired) electrons. The zero-order valence-electron chi connectivity index (χ0n) is 12.8. The van der Waals surface area contributed by atoms with Crippen molar-refractivity contribution in [3.8, 4) is 0 Å². The topological polar surface area (TPSA) is 157 Å². The summed E-state index contributed by atoms with van der Waals surface area (Å²) in [5, 5.41) is 24.2.